The van der Waals surface area contributed by atoms with Crippen molar-refractivity contribution in [3.05, 3.63) is 25.3 Å². The Labute approximate surface area is 227 Å². The number of aliphatic hydroxyl groups excluding tert-OH is 1. The van der Waals surface area contributed by atoms with Crippen molar-refractivity contribution in [2.45, 2.75) is 81.8 Å². The van der Waals surface area contributed by atoms with Crippen LogP contribution in [0.1, 0.15) is 65.7 Å². The molecule has 0 aromatic rings. The molecule has 3 saturated heterocycles. The molecule has 3 rings (SSSR count). The Balaban J connectivity index is 2.02. The highest BCUT2D eigenvalue weighted by molar-refractivity contribution is 8.02. The Bertz CT molecular complexity index is 851. The van der Waals surface area contributed by atoms with Crippen LogP contribution < -0.4 is 0 Å². The minimum absolute atomic E-state index is 0.00374. The quantitative estimate of drug-likeness (QED) is 0.242. The van der Waals surface area contributed by atoms with Crippen molar-refractivity contribution in [1.29, 1.82) is 0 Å². The van der Waals surface area contributed by atoms with Gasteiger partial charge in [0.15, 0.2) is 0 Å². The van der Waals surface area contributed by atoms with E-state index in [1.54, 1.807) is 23.9 Å². The fraction of sp³-hybridized carbons (Fsp3) is 0.759. The van der Waals surface area contributed by atoms with Gasteiger partial charge in [0.25, 0.3) is 0 Å². The van der Waals surface area contributed by atoms with Gasteiger partial charge in [-0.15, -0.1) is 24.9 Å². The van der Waals surface area contributed by atoms with Crippen LogP contribution in [0.3, 0.4) is 0 Å². The first kappa shape index (κ1) is 29.8. The topological polar surface area (TPSA) is 81.2 Å². The summed E-state index contributed by atoms with van der Waals surface area (Å²) in [5, 5.41) is 9.30. The molecule has 3 aliphatic rings. The third kappa shape index (κ3) is 5.51. The second kappa shape index (κ2) is 13.3. The van der Waals surface area contributed by atoms with Gasteiger partial charge in [0.1, 0.15) is 6.04 Å². The zero-order chi connectivity index (χ0) is 27.2. The lowest BCUT2D eigenvalue weighted by molar-refractivity contribution is -0.144. The van der Waals surface area contributed by atoms with E-state index in [1.807, 2.05) is 14.7 Å². The molecule has 0 aromatic heterocycles. The maximum atomic E-state index is 14.3. The number of hydrogen-bond donors (Lipinski definition) is 1. The number of aliphatic hydroxyl groups is 1. The van der Waals surface area contributed by atoms with Crippen LogP contribution in [-0.2, 0) is 14.4 Å². The molecule has 0 radical (unpaired) electrons. The number of rotatable bonds is 16. The van der Waals surface area contributed by atoms with Crippen molar-refractivity contribution in [3.63, 3.8) is 0 Å². The van der Waals surface area contributed by atoms with Crippen molar-refractivity contribution >= 4 is 29.5 Å². The molecule has 1 spiro atoms. The minimum atomic E-state index is -0.589. The summed E-state index contributed by atoms with van der Waals surface area (Å²) in [7, 11) is 0. The predicted octanol–water partition coefficient (Wildman–Crippen LogP) is 3.73. The summed E-state index contributed by atoms with van der Waals surface area (Å²) in [5.74, 6) is -0.725. The van der Waals surface area contributed by atoms with Crippen LogP contribution >= 0.6 is 11.8 Å². The van der Waals surface area contributed by atoms with E-state index >= 15 is 0 Å². The van der Waals surface area contributed by atoms with E-state index < -0.39 is 22.6 Å². The van der Waals surface area contributed by atoms with Crippen LogP contribution in [0.25, 0.3) is 0 Å². The van der Waals surface area contributed by atoms with E-state index in [4.69, 9.17) is 0 Å². The fourth-order valence-electron chi connectivity index (χ4n) is 6.79. The molecule has 3 unspecified atom stereocenters. The van der Waals surface area contributed by atoms with Crippen LogP contribution in [0.15, 0.2) is 25.3 Å². The Kier molecular flexibility index (Phi) is 10.7. The molecule has 0 aromatic carbocycles. The second-order valence-electron chi connectivity index (χ2n) is 10.9. The van der Waals surface area contributed by atoms with Crippen molar-refractivity contribution in [3.8, 4) is 0 Å². The third-order valence-corrected chi connectivity index (χ3v) is 10.5. The van der Waals surface area contributed by atoms with Crippen LogP contribution in [0.5, 0.6) is 0 Å². The molecule has 2 bridgehead atoms. The molecule has 3 heterocycles. The molecule has 0 saturated carbocycles. The summed E-state index contributed by atoms with van der Waals surface area (Å²) >= 11 is 1.75. The van der Waals surface area contributed by atoms with E-state index in [1.165, 1.54) is 0 Å². The molecular weight excluding hydrogens is 486 g/mol. The largest absolute Gasteiger partial charge is 0.396 e. The summed E-state index contributed by atoms with van der Waals surface area (Å²) in [5.41, 5.74) is 0. The Morgan fingerprint density at radius 1 is 1.05 bits per heavy atom. The van der Waals surface area contributed by atoms with Crippen molar-refractivity contribution in [2.75, 3.05) is 39.3 Å². The SMILES string of the molecule is C=CCN(CCCC)C(=O)C1N(CCCCCO)C(=O)[C@@H]2[C@H](C(=O)N(CC=C)CCC)[C@@H]3CC(C)C12S3. The van der Waals surface area contributed by atoms with Gasteiger partial charge in [-0.05, 0) is 44.4 Å². The maximum absolute atomic E-state index is 14.3. The van der Waals surface area contributed by atoms with Gasteiger partial charge in [-0.25, -0.2) is 0 Å². The molecule has 3 aliphatic heterocycles. The zero-order valence-electron chi connectivity index (χ0n) is 23.1. The number of carbonyl (C=O) groups excluding carboxylic acids is 3. The first-order valence-electron chi connectivity index (χ1n) is 14.2. The number of hydrogen-bond acceptors (Lipinski definition) is 5. The number of carbonyl (C=O) groups is 3. The third-order valence-electron chi connectivity index (χ3n) is 8.42. The normalized spacial score (nSPS) is 29.9. The summed E-state index contributed by atoms with van der Waals surface area (Å²) in [4.78, 5) is 48.0. The van der Waals surface area contributed by atoms with Gasteiger partial charge in [-0.2, -0.15) is 0 Å². The molecule has 1 N–H and O–H groups in total. The first-order chi connectivity index (χ1) is 17.8. The number of nitrogens with zero attached hydrogens (tertiary/aromatic N) is 3. The van der Waals surface area contributed by atoms with Crippen LogP contribution in [0.2, 0.25) is 0 Å². The summed E-state index contributed by atoms with van der Waals surface area (Å²) in [6.07, 6.45) is 9.28. The molecule has 0 aliphatic carbocycles. The summed E-state index contributed by atoms with van der Waals surface area (Å²) < 4.78 is -0.589. The Morgan fingerprint density at radius 2 is 1.73 bits per heavy atom. The smallest absolute Gasteiger partial charge is 0.247 e. The van der Waals surface area contributed by atoms with Crippen LogP contribution in [-0.4, -0.2) is 92.9 Å². The van der Waals surface area contributed by atoms with Crippen LogP contribution in [0.4, 0.5) is 0 Å². The van der Waals surface area contributed by atoms with Gasteiger partial charge in [0, 0.05) is 44.6 Å². The predicted molar refractivity (Wildman–Crippen MR) is 150 cm³/mol. The van der Waals surface area contributed by atoms with Gasteiger partial charge in [0.2, 0.25) is 17.7 Å². The van der Waals surface area contributed by atoms with Crippen molar-refractivity contribution in [2.24, 2.45) is 17.8 Å². The highest BCUT2D eigenvalue weighted by Gasteiger charge is 2.76. The minimum Gasteiger partial charge on any atom is -0.396 e. The van der Waals surface area contributed by atoms with Gasteiger partial charge in [0.05, 0.1) is 16.6 Å². The molecular formula is C29H47N3O4S. The molecule has 3 amide bonds. The maximum Gasteiger partial charge on any atom is 0.247 e. The highest BCUT2D eigenvalue weighted by atomic mass is 32.2. The number of thioether (sulfide) groups is 1. The lowest BCUT2D eigenvalue weighted by atomic mass is 9.65. The number of unbranched alkanes of at least 4 members (excludes halogenated alkanes) is 3. The average molecular weight is 534 g/mol. The van der Waals surface area contributed by atoms with Gasteiger partial charge < -0.3 is 19.8 Å². The standard InChI is InChI=1S/C29H47N3O4S/c1-6-10-17-31(16-9-4)28(36)25-29-21(5)20-22(37-29)23(26(34)30(14-7-2)15-8-3)24(29)27(35)32(25)18-12-11-13-19-33/h7,9,21-25,33H,2,4,6,8,10-20H2,1,3,5H3/t21?,22-,23+,24-,25?,29?/m0/s1. The van der Waals surface area contributed by atoms with E-state index in [0.29, 0.717) is 39.1 Å². The summed E-state index contributed by atoms with van der Waals surface area (Å²) in [6, 6.07) is -0.572. The van der Waals surface area contributed by atoms with Crippen molar-refractivity contribution in [1.82, 2.24) is 14.7 Å². The van der Waals surface area contributed by atoms with Crippen LogP contribution in [0, 0.1) is 17.8 Å². The average Bonchev–Trinajstić information content (AvgIpc) is 3.47. The molecule has 37 heavy (non-hydrogen) atoms. The molecule has 8 heteroatoms. The molecule has 208 valence electrons. The number of amides is 3. The summed E-state index contributed by atoms with van der Waals surface area (Å²) in [6.45, 7) is 16.8. The molecule has 7 nitrogen and oxygen atoms in total. The lowest BCUT2D eigenvalue weighted by Crippen LogP contribution is -2.57. The monoisotopic (exact) mass is 533 g/mol. The fourth-order valence-corrected chi connectivity index (χ4v) is 9.20. The van der Waals surface area contributed by atoms with E-state index in [9.17, 15) is 19.5 Å². The van der Waals surface area contributed by atoms with Gasteiger partial charge in [-0.3, -0.25) is 14.4 Å². The van der Waals surface area contributed by atoms with E-state index in [-0.39, 0.29) is 35.5 Å². The number of fused-ring (bicyclic) bond motifs is 1. The highest BCUT2D eigenvalue weighted by Crippen LogP contribution is 2.68. The Morgan fingerprint density at radius 3 is 2.32 bits per heavy atom. The van der Waals surface area contributed by atoms with E-state index in [0.717, 1.165) is 38.5 Å². The number of likely N-dealkylation sites (tertiary alicyclic amines) is 1. The molecule has 6 atom stereocenters. The molecule has 3 fully saturated rings. The van der Waals surface area contributed by atoms with E-state index in [2.05, 4.69) is 33.9 Å². The first-order valence-corrected chi connectivity index (χ1v) is 15.1. The van der Waals surface area contributed by atoms with Crippen molar-refractivity contribution < 1.29 is 19.5 Å². The second-order valence-corrected chi connectivity index (χ2v) is 12.4. The Hall–Kier alpha value is -1.80. The van der Waals surface area contributed by atoms with Gasteiger partial charge >= 0.3 is 0 Å². The zero-order valence-corrected chi connectivity index (χ0v) is 23.9. The lowest BCUT2D eigenvalue weighted by Gasteiger charge is -2.41. The van der Waals surface area contributed by atoms with Gasteiger partial charge in [-0.1, -0.05) is 39.3 Å².